The van der Waals surface area contributed by atoms with Crippen LogP contribution in [0.4, 0.5) is 5.13 Å². The Hall–Kier alpha value is -3.06. The Morgan fingerprint density at radius 2 is 1.65 bits per heavy atom. The van der Waals surface area contributed by atoms with E-state index in [1.165, 1.54) is 16.9 Å². The minimum absolute atomic E-state index is 0.0601. The summed E-state index contributed by atoms with van der Waals surface area (Å²) >= 11 is 1.36. The third kappa shape index (κ3) is 6.73. The van der Waals surface area contributed by atoms with Gasteiger partial charge in [0.15, 0.2) is 23.2 Å². The van der Waals surface area contributed by atoms with Crippen molar-refractivity contribution in [2.75, 3.05) is 26.1 Å². The molecule has 1 heterocycles. The number of ether oxygens (including phenoxy) is 3. The van der Waals surface area contributed by atoms with Gasteiger partial charge < -0.3 is 14.2 Å². The van der Waals surface area contributed by atoms with Gasteiger partial charge in [0, 0.05) is 10.9 Å². The van der Waals surface area contributed by atoms with E-state index >= 15 is 0 Å². The summed E-state index contributed by atoms with van der Waals surface area (Å²) in [7, 11) is 3.19. The first-order chi connectivity index (χ1) is 16.0. The Kier molecular flexibility index (Phi) is 7.87. The van der Waals surface area contributed by atoms with E-state index in [2.05, 4.69) is 57.1 Å². The number of thiazole rings is 1. The predicted octanol–water partition coefficient (Wildman–Crippen LogP) is 6.56. The number of rotatable bonds is 9. The van der Waals surface area contributed by atoms with E-state index in [1.807, 2.05) is 35.7 Å². The molecule has 7 heteroatoms. The number of nitrogens with one attached hydrogen (secondary N) is 1. The average molecular weight is 483 g/mol. The smallest absolute Gasteiger partial charge is 0.264 e. The summed E-state index contributed by atoms with van der Waals surface area (Å²) in [6.07, 6.45) is 1.07. The van der Waals surface area contributed by atoms with Crippen molar-refractivity contribution in [3.63, 3.8) is 0 Å². The van der Waals surface area contributed by atoms with Crippen molar-refractivity contribution in [2.45, 2.75) is 46.5 Å². The number of nitrogens with zero attached hydrogens (tertiary/aromatic N) is 1. The van der Waals surface area contributed by atoms with E-state index in [0.717, 1.165) is 17.7 Å². The summed E-state index contributed by atoms with van der Waals surface area (Å²) in [6.45, 7) is 11.2. The summed E-state index contributed by atoms with van der Waals surface area (Å²) in [5, 5.41) is 5.20. The monoisotopic (exact) mass is 482 g/mol. The molecule has 0 atom stereocenters. The van der Waals surface area contributed by atoms with Gasteiger partial charge in [0.05, 0.1) is 19.9 Å². The molecule has 1 amide bonds. The second-order valence-corrected chi connectivity index (χ2v) is 10.9. The molecule has 0 saturated carbocycles. The molecular weight excluding hydrogens is 448 g/mol. The van der Waals surface area contributed by atoms with Crippen molar-refractivity contribution in [3.8, 4) is 28.5 Å². The standard InChI is InChI=1S/C27H34N2O4S/c1-26(2,3)17-27(4,5)19-9-11-20(12-10-19)33-15-24(30)29-25-28-21(16-34-25)18-8-13-22(31-6)23(14-18)32-7/h8-14,16H,15,17H2,1-7H3,(H,28,29,30). The first-order valence-electron chi connectivity index (χ1n) is 11.2. The van der Waals surface area contributed by atoms with Crippen LogP contribution in [0.15, 0.2) is 47.8 Å². The van der Waals surface area contributed by atoms with Gasteiger partial charge in [0.2, 0.25) is 0 Å². The van der Waals surface area contributed by atoms with Gasteiger partial charge in [-0.05, 0) is 53.1 Å². The lowest BCUT2D eigenvalue weighted by Crippen LogP contribution is -2.24. The summed E-state index contributed by atoms with van der Waals surface area (Å²) < 4.78 is 16.3. The van der Waals surface area contributed by atoms with Crippen LogP contribution in [0, 0.1) is 5.41 Å². The molecule has 34 heavy (non-hydrogen) atoms. The van der Waals surface area contributed by atoms with Crippen LogP contribution in [0.3, 0.4) is 0 Å². The molecule has 3 aromatic rings. The molecule has 3 rings (SSSR count). The lowest BCUT2D eigenvalue weighted by Gasteiger charge is -2.33. The average Bonchev–Trinajstić information content (AvgIpc) is 3.24. The van der Waals surface area contributed by atoms with Crippen molar-refractivity contribution in [1.82, 2.24) is 4.98 Å². The molecule has 0 bridgehead atoms. The van der Waals surface area contributed by atoms with E-state index < -0.39 is 0 Å². The molecule has 0 aliphatic carbocycles. The number of hydrogen-bond acceptors (Lipinski definition) is 6. The van der Waals surface area contributed by atoms with Gasteiger partial charge in [-0.25, -0.2) is 4.98 Å². The van der Waals surface area contributed by atoms with E-state index in [1.54, 1.807) is 14.2 Å². The SMILES string of the molecule is COc1ccc(-c2csc(NC(=O)COc3ccc(C(C)(C)CC(C)(C)C)cc3)n2)cc1OC. The maximum absolute atomic E-state index is 12.4. The third-order valence-corrected chi connectivity index (χ3v) is 6.17. The van der Waals surface area contributed by atoms with Crippen molar-refractivity contribution < 1.29 is 19.0 Å². The fraction of sp³-hybridized carbons (Fsp3) is 0.407. The molecule has 1 N–H and O–H groups in total. The van der Waals surface area contributed by atoms with Crippen LogP contribution in [0.2, 0.25) is 0 Å². The molecule has 0 fully saturated rings. The summed E-state index contributed by atoms with van der Waals surface area (Å²) in [5.74, 6) is 1.68. The number of carbonyl (C=O) groups is 1. The molecule has 182 valence electrons. The van der Waals surface area contributed by atoms with Gasteiger partial charge in [-0.1, -0.05) is 46.8 Å². The van der Waals surface area contributed by atoms with Crippen LogP contribution in [0.5, 0.6) is 17.2 Å². The van der Waals surface area contributed by atoms with Crippen LogP contribution in [-0.4, -0.2) is 31.7 Å². The molecule has 0 unspecified atom stereocenters. The second kappa shape index (κ2) is 10.5. The highest BCUT2D eigenvalue weighted by molar-refractivity contribution is 7.14. The van der Waals surface area contributed by atoms with E-state index in [0.29, 0.717) is 22.4 Å². The molecule has 2 aromatic carbocycles. The quantitative estimate of drug-likeness (QED) is 0.374. The molecule has 0 radical (unpaired) electrons. The van der Waals surface area contributed by atoms with Gasteiger partial charge >= 0.3 is 0 Å². The predicted molar refractivity (Wildman–Crippen MR) is 138 cm³/mol. The van der Waals surface area contributed by atoms with E-state index in [9.17, 15) is 4.79 Å². The Labute approximate surface area is 206 Å². The van der Waals surface area contributed by atoms with Gasteiger partial charge in [-0.3, -0.25) is 10.1 Å². The topological polar surface area (TPSA) is 69.7 Å². The first kappa shape index (κ1) is 25.6. The molecule has 0 aliphatic rings. The van der Waals surface area contributed by atoms with Crippen molar-refractivity contribution >= 4 is 22.4 Å². The fourth-order valence-electron chi connectivity index (χ4n) is 4.19. The number of hydrogen-bond donors (Lipinski definition) is 1. The zero-order valence-electron chi connectivity index (χ0n) is 21.0. The number of anilines is 1. The number of amides is 1. The third-order valence-electron chi connectivity index (χ3n) is 5.41. The zero-order chi connectivity index (χ0) is 24.9. The van der Waals surface area contributed by atoms with Gasteiger partial charge in [0.25, 0.3) is 5.91 Å². The van der Waals surface area contributed by atoms with Crippen LogP contribution < -0.4 is 19.5 Å². The molecule has 0 aliphatic heterocycles. The van der Waals surface area contributed by atoms with Crippen LogP contribution >= 0.6 is 11.3 Å². The van der Waals surface area contributed by atoms with Crippen LogP contribution in [-0.2, 0) is 10.2 Å². The number of benzene rings is 2. The van der Waals surface area contributed by atoms with Gasteiger partial charge in [0.1, 0.15) is 5.75 Å². The lowest BCUT2D eigenvalue weighted by molar-refractivity contribution is -0.118. The number of carbonyl (C=O) groups excluding carboxylic acids is 1. The first-order valence-corrected chi connectivity index (χ1v) is 12.1. The summed E-state index contributed by atoms with van der Waals surface area (Å²) in [5.41, 5.74) is 3.18. The van der Waals surface area contributed by atoms with Crippen molar-refractivity contribution in [1.29, 1.82) is 0 Å². The van der Waals surface area contributed by atoms with E-state index in [4.69, 9.17) is 14.2 Å². The second-order valence-electron chi connectivity index (χ2n) is 10.1. The number of aromatic nitrogens is 1. The fourth-order valence-corrected chi connectivity index (χ4v) is 4.93. The minimum Gasteiger partial charge on any atom is -0.493 e. The Bertz CT molecular complexity index is 1110. The van der Waals surface area contributed by atoms with Crippen molar-refractivity contribution in [3.05, 3.63) is 53.4 Å². The van der Waals surface area contributed by atoms with Crippen molar-refractivity contribution in [2.24, 2.45) is 5.41 Å². The zero-order valence-corrected chi connectivity index (χ0v) is 21.8. The normalized spacial score (nSPS) is 11.7. The minimum atomic E-state index is -0.259. The Balaban J connectivity index is 1.56. The maximum atomic E-state index is 12.4. The molecular formula is C27H34N2O4S. The molecule has 0 saturated heterocycles. The Morgan fingerprint density at radius 1 is 0.971 bits per heavy atom. The highest BCUT2D eigenvalue weighted by Crippen LogP contribution is 2.37. The number of methoxy groups -OCH3 is 2. The molecule has 0 spiro atoms. The largest absolute Gasteiger partial charge is 0.493 e. The Morgan fingerprint density at radius 3 is 2.26 bits per heavy atom. The van der Waals surface area contributed by atoms with Gasteiger partial charge in [-0.2, -0.15) is 0 Å². The lowest BCUT2D eigenvalue weighted by atomic mass is 9.72. The van der Waals surface area contributed by atoms with Crippen LogP contribution in [0.1, 0.15) is 46.6 Å². The maximum Gasteiger partial charge on any atom is 0.264 e. The van der Waals surface area contributed by atoms with E-state index in [-0.39, 0.29) is 23.3 Å². The summed E-state index contributed by atoms with van der Waals surface area (Å²) in [6, 6.07) is 13.6. The summed E-state index contributed by atoms with van der Waals surface area (Å²) in [4.78, 5) is 16.9. The highest BCUT2D eigenvalue weighted by atomic mass is 32.1. The van der Waals surface area contributed by atoms with Gasteiger partial charge in [-0.15, -0.1) is 11.3 Å². The highest BCUT2D eigenvalue weighted by Gasteiger charge is 2.27. The molecule has 6 nitrogen and oxygen atoms in total. The molecule has 1 aromatic heterocycles. The van der Waals surface area contributed by atoms with Crippen LogP contribution in [0.25, 0.3) is 11.3 Å².